The van der Waals surface area contributed by atoms with Crippen molar-refractivity contribution in [3.63, 3.8) is 0 Å². The van der Waals surface area contributed by atoms with Gasteiger partial charge in [-0.1, -0.05) is 43.0 Å². The number of nitrogens with one attached hydrogen (secondary N) is 1. The molecule has 154 valence electrons. The van der Waals surface area contributed by atoms with E-state index in [1.807, 2.05) is 36.5 Å². The third-order valence-electron chi connectivity index (χ3n) is 6.27. The Hall–Kier alpha value is -2.37. The summed E-state index contributed by atoms with van der Waals surface area (Å²) in [6.07, 6.45) is 10.2. The van der Waals surface area contributed by atoms with Crippen LogP contribution < -0.4 is 5.32 Å². The van der Waals surface area contributed by atoms with Gasteiger partial charge in [0.1, 0.15) is 0 Å². The Balaban J connectivity index is 1.61. The van der Waals surface area contributed by atoms with Crippen LogP contribution in [0.1, 0.15) is 55.6 Å². The zero-order valence-electron chi connectivity index (χ0n) is 16.7. The average molecular weight is 437 g/mol. The van der Waals surface area contributed by atoms with Crippen LogP contribution in [0.25, 0.3) is 5.69 Å². The van der Waals surface area contributed by atoms with Crippen LogP contribution in [0, 0.1) is 0 Å². The molecule has 2 fully saturated rings. The summed E-state index contributed by atoms with van der Waals surface area (Å²) in [5, 5.41) is 5.17. The molecule has 0 amide bonds. The molecule has 0 radical (unpaired) electrons. The number of hydrogen-bond donors (Lipinski definition) is 1. The van der Waals surface area contributed by atoms with Gasteiger partial charge >= 0.3 is 0 Å². The zero-order valence-corrected chi connectivity index (χ0v) is 18.3. The first-order valence-corrected chi connectivity index (χ1v) is 11.4. The van der Waals surface area contributed by atoms with Crippen LogP contribution in [-0.2, 0) is 0 Å². The van der Waals surface area contributed by atoms with Gasteiger partial charge in [-0.3, -0.25) is 4.98 Å². The monoisotopic (exact) mass is 436 g/mol. The molecule has 1 aliphatic heterocycles. The molecule has 1 aliphatic carbocycles. The van der Waals surface area contributed by atoms with Crippen molar-refractivity contribution < 1.29 is 0 Å². The summed E-state index contributed by atoms with van der Waals surface area (Å²) in [5.74, 6) is 0. The van der Waals surface area contributed by atoms with Crippen LogP contribution in [0.2, 0.25) is 5.02 Å². The minimum absolute atomic E-state index is 0.00783. The SMILES string of the molecule is S=C1N[C@@H](c2ccccn2)[C@H](c2cccn2-c2cccc(Cl)c2)N1C1CCCCC1. The van der Waals surface area contributed by atoms with E-state index in [-0.39, 0.29) is 12.1 Å². The molecule has 0 unspecified atom stereocenters. The first kappa shape index (κ1) is 19.6. The highest BCUT2D eigenvalue weighted by Gasteiger charge is 2.44. The molecule has 2 aromatic heterocycles. The lowest BCUT2D eigenvalue weighted by Gasteiger charge is -2.37. The van der Waals surface area contributed by atoms with Crippen LogP contribution in [0.3, 0.4) is 0 Å². The fourth-order valence-electron chi connectivity index (χ4n) is 4.93. The number of hydrogen-bond acceptors (Lipinski definition) is 2. The van der Waals surface area contributed by atoms with E-state index in [2.05, 4.69) is 50.2 Å². The summed E-state index contributed by atoms with van der Waals surface area (Å²) in [5.41, 5.74) is 3.27. The lowest BCUT2D eigenvalue weighted by atomic mass is 9.92. The number of halogens is 1. The summed E-state index contributed by atoms with van der Waals surface area (Å²) in [6.45, 7) is 0. The summed E-state index contributed by atoms with van der Waals surface area (Å²) in [7, 11) is 0. The van der Waals surface area contributed by atoms with Crippen LogP contribution in [0.15, 0.2) is 67.0 Å². The van der Waals surface area contributed by atoms with Crippen LogP contribution in [-0.4, -0.2) is 25.6 Å². The Morgan fingerprint density at radius 1 is 1.00 bits per heavy atom. The van der Waals surface area contributed by atoms with E-state index in [1.165, 1.54) is 37.8 Å². The number of pyridine rings is 1. The smallest absolute Gasteiger partial charge is 0.170 e. The number of thiocarbonyl (C=S) groups is 1. The Morgan fingerprint density at radius 2 is 1.87 bits per heavy atom. The quantitative estimate of drug-likeness (QED) is 0.521. The molecule has 1 saturated carbocycles. The van der Waals surface area contributed by atoms with Gasteiger partial charge in [-0.05, 0) is 67.5 Å². The van der Waals surface area contributed by atoms with Crippen molar-refractivity contribution in [2.75, 3.05) is 0 Å². The molecular formula is C24H25ClN4S. The van der Waals surface area contributed by atoms with Crippen molar-refractivity contribution in [1.82, 2.24) is 19.8 Å². The second-order valence-electron chi connectivity index (χ2n) is 8.11. The average Bonchev–Trinajstić information content (AvgIpc) is 3.39. The number of nitrogens with zero attached hydrogens (tertiary/aromatic N) is 3. The summed E-state index contributed by atoms with van der Waals surface area (Å²) < 4.78 is 2.23. The topological polar surface area (TPSA) is 33.1 Å². The summed E-state index contributed by atoms with van der Waals surface area (Å²) in [6, 6.07) is 18.9. The normalized spacial score (nSPS) is 22.3. The first-order chi connectivity index (χ1) is 14.7. The lowest BCUT2D eigenvalue weighted by molar-refractivity contribution is 0.193. The van der Waals surface area contributed by atoms with Crippen LogP contribution >= 0.6 is 23.8 Å². The molecule has 0 spiro atoms. The molecule has 5 rings (SSSR count). The minimum atomic E-state index is 0.00783. The molecule has 2 aliphatic rings. The highest BCUT2D eigenvalue weighted by atomic mass is 35.5. The highest BCUT2D eigenvalue weighted by Crippen LogP contribution is 2.43. The second-order valence-corrected chi connectivity index (χ2v) is 8.93. The van der Waals surface area contributed by atoms with E-state index in [0.29, 0.717) is 6.04 Å². The first-order valence-electron chi connectivity index (χ1n) is 10.7. The summed E-state index contributed by atoms with van der Waals surface area (Å²) in [4.78, 5) is 7.12. The molecule has 1 saturated heterocycles. The van der Waals surface area contributed by atoms with Crippen molar-refractivity contribution >= 4 is 28.9 Å². The molecule has 6 heteroatoms. The fraction of sp³-hybridized carbons (Fsp3) is 0.333. The van der Waals surface area contributed by atoms with E-state index >= 15 is 0 Å². The third kappa shape index (κ3) is 3.61. The third-order valence-corrected chi connectivity index (χ3v) is 6.84. The van der Waals surface area contributed by atoms with Gasteiger partial charge < -0.3 is 14.8 Å². The predicted octanol–water partition coefficient (Wildman–Crippen LogP) is 5.83. The molecule has 30 heavy (non-hydrogen) atoms. The summed E-state index contributed by atoms with van der Waals surface area (Å²) >= 11 is 12.2. The van der Waals surface area contributed by atoms with Gasteiger partial charge in [-0.2, -0.15) is 0 Å². The van der Waals surface area contributed by atoms with Gasteiger partial charge in [0, 0.05) is 34.8 Å². The second kappa shape index (κ2) is 8.40. The Kier molecular flexibility index (Phi) is 5.48. The van der Waals surface area contributed by atoms with Gasteiger partial charge in [0.25, 0.3) is 0 Å². The highest BCUT2D eigenvalue weighted by molar-refractivity contribution is 7.80. The predicted molar refractivity (Wildman–Crippen MR) is 125 cm³/mol. The van der Waals surface area contributed by atoms with Crippen molar-refractivity contribution in [3.8, 4) is 5.69 Å². The van der Waals surface area contributed by atoms with Crippen molar-refractivity contribution in [3.05, 3.63) is 83.4 Å². The van der Waals surface area contributed by atoms with Gasteiger partial charge in [-0.15, -0.1) is 0 Å². The van der Waals surface area contributed by atoms with Gasteiger partial charge in [0.05, 0.1) is 17.8 Å². The van der Waals surface area contributed by atoms with E-state index in [1.54, 1.807) is 0 Å². The number of benzene rings is 1. The van der Waals surface area contributed by atoms with E-state index < -0.39 is 0 Å². The molecule has 3 aromatic rings. The molecule has 2 atom stereocenters. The maximum atomic E-state index is 6.31. The Labute approximate surface area is 187 Å². The largest absolute Gasteiger partial charge is 0.352 e. The van der Waals surface area contributed by atoms with E-state index in [9.17, 15) is 0 Å². The molecule has 4 nitrogen and oxygen atoms in total. The standard InChI is InChI=1S/C24H25ClN4S/c25-17-8-6-11-19(16-17)28-15-7-13-21(28)23-22(20-12-4-5-14-26-20)27-24(30)29(23)18-9-2-1-3-10-18/h4-8,11-16,18,22-23H,1-3,9-10H2,(H,27,30)/t22-,23-/m0/s1. The van der Waals surface area contributed by atoms with Gasteiger partial charge in [0.2, 0.25) is 0 Å². The zero-order chi connectivity index (χ0) is 20.5. The van der Waals surface area contributed by atoms with Gasteiger partial charge in [0.15, 0.2) is 5.11 Å². The maximum absolute atomic E-state index is 6.31. The van der Waals surface area contributed by atoms with E-state index in [0.717, 1.165) is 21.5 Å². The van der Waals surface area contributed by atoms with Crippen molar-refractivity contribution in [2.24, 2.45) is 0 Å². The lowest BCUT2D eigenvalue weighted by Crippen LogP contribution is -2.40. The molecule has 0 bridgehead atoms. The van der Waals surface area contributed by atoms with E-state index in [4.69, 9.17) is 23.8 Å². The molecule has 1 N–H and O–H groups in total. The maximum Gasteiger partial charge on any atom is 0.170 e. The molecular weight excluding hydrogens is 412 g/mol. The van der Waals surface area contributed by atoms with Crippen LogP contribution in [0.4, 0.5) is 0 Å². The number of aromatic nitrogens is 2. The molecule has 3 heterocycles. The minimum Gasteiger partial charge on any atom is -0.352 e. The number of rotatable bonds is 4. The van der Waals surface area contributed by atoms with Crippen LogP contribution in [0.5, 0.6) is 0 Å². The molecule has 1 aromatic carbocycles. The Bertz CT molecular complexity index is 1030. The van der Waals surface area contributed by atoms with Crippen molar-refractivity contribution in [2.45, 2.75) is 50.2 Å². The fourth-order valence-corrected chi connectivity index (χ4v) is 5.50. The Morgan fingerprint density at radius 3 is 2.63 bits per heavy atom. The van der Waals surface area contributed by atoms with Crippen molar-refractivity contribution in [1.29, 1.82) is 0 Å². The van der Waals surface area contributed by atoms with Gasteiger partial charge in [-0.25, -0.2) is 0 Å².